The Kier molecular flexibility index (Phi) is 15.6. The highest BCUT2D eigenvalue weighted by atomic mass is 31.2. The molecule has 0 fully saturated rings. The van der Waals surface area contributed by atoms with E-state index < -0.39 is 116 Å². The molecule has 20 nitrogen and oxygen atoms in total. The lowest BCUT2D eigenvalue weighted by molar-refractivity contribution is -0.141. The average Bonchev–Trinajstić information content (AvgIpc) is 3.01. The molecule has 0 saturated heterocycles. The van der Waals surface area contributed by atoms with E-state index >= 15 is 0 Å². The van der Waals surface area contributed by atoms with Crippen LogP contribution in [0.5, 0.6) is 0 Å². The second kappa shape index (κ2) is 18.9. The molecule has 2 aromatic rings. The van der Waals surface area contributed by atoms with E-state index in [1.807, 2.05) is 0 Å². The standard InChI is InChI=1S/C31H42N5O15P/c1-5-14(2)26(32-16(4)38)30(46)34-20(8-9-23(39)40)28(44)36-27(15(3)37)31(47)35-21(12-24(41)42)29(45)33-18-6-7-19-17(13-52(48,49)50)10-25(43)51-22(19)11-18/h6-7,10-11,14-15,20-21,26-27,37H,5,8-9,12-13H2,1-4H3,(H,32,38)(H,33,45)(H,34,46)(H,35,47)(H,36,44)(H,39,40)(H,41,42)(H2,48,49,50)/t14?,15?,20-,21-,26-,27-/m0/s1. The first-order chi connectivity index (χ1) is 24.1. The first-order valence-corrected chi connectivity index (χ1v) is 17.6. The number of nitrogens with one attached hydrogen (secondary N) is 5. The van der Waals surface area contributed by atoms with Crippen LogP contribution in [0.15, 0.2) is 33.5 Å². The van der Waals surface area contributed by atoms with Crippen LogP contribution in [0.4, 0.5) is 5.69 Å². The predicted octanol–water partition coefficient (Wildman–Crippen LogP) is -0.865. The zero-order chi connectivity index (χ0) is 39.5. The molecule has 0 bridgehead atoms. The Hall–Kier alpha value is -5.17. The lowest BCUT2D eigenvalue weighted by atomic mass is 9.97. The van der Waals surface area contributed by atoms with Crippen molar-refractivity contribution in [1.29, 1.82) is 0 Å². The number of carbonyl (C=O) groups is 7. The summed E-state index contributed by atoms with van der Waals surface area (Å²) >= 11 is 0. The smallest absolute Gasteiger partial charge is 0.336 e. The molecule has 21 heteroatoms. The van der Waals surface area contributed by atoms with Gasteiger partial charge in [-0.3, -0.25) is 38.1 Å². The van der Waals surface area contributed by atoms with E-state index in [0.29, 0.717) is 6.42 Å². The monoisotopic (exact) mass is 755 g/mol. The quantitative estimate of drug-likeness (QED) is 0.0616. The maximum absolute atomic E-state index is 13.3. The summed E-state index contributed by atoms with van der Waals surface area (Å²) in [5.74, 6) is -8.11. The molecule has 1 heterocycles. The van der Waals surface area contributed by atoms with Crippen molar-refractivity contribution < 1.29 is 67.7 Å². The molecule has 0 aliphatic heterocycles. The van der Waals surface area contributed by atoms with Crippen LogP contribution in [-0.4, -0.2) is 96.9 Å². The summed E-state index contributed by atoms with van der Waals surface area (Å²) in [5.41, 5.74) is -1.24. The van der Waals surface area contributed by atoms with Crippen LogP contribution in [0.25, 0.3) is 11.0 Å². The zero-order valence-corrected chi connectivity index (χ0v) is 29.5. The van der Waals surface area contributed by atoms with Gasteiger partial charge in [0, 0.05) is 36.6 Å². The van der Waals surface area contributed by atoms with Crippen molar-refractivity contribution in [2.45, 2.75) is 89.8 Å². The van der Waals surface area contributed by atoms with E-state index in [4.69, 9.17) is 4.42 Å². The van der Waals surface area contributed by atoms with Gasteiger partial charge in [0.15, 0.2) is 0 Å². The van der Waals surface area contributed by atoms with Gasteiger partial charge in [0.2, 0.25) is 29.5 Å². The van der Waals surface area contributed by atoms with Gasteiger partial charge >= 0.3 is 25.2 Å². The number of carboxylic acids is 2. The molecular formula is C31H42N5O15P. The van der Waals surface area contributed by atoms with Gasteiger partial charge in [-0.25, -0.2) is 4.79 Å². The lowest BCUT2D eigenvalue weighted by Crippen LogP contribution is -2.61. The third-order valence-electron chi connectivity index (χ3n) is 7.68. The minimum atomic E-state index is -4.59. The lowest BCUT2D eigenvalue weighted by Gasteiger charge is -2.28. The Morgan fingerprint density at radius 2 is 1.44 bits per heavy atom. The van der Waals surface area contributed by atoms with Gasteiger partial charge in [-0.15, -0.1) is 0 Å². The molecule has 2 unspecified atom stereocenters. The number of benzene rings is 1. The molecule has 52 heavy (non-hydrogen) atoms. The van der Waals surface area contributed by atoms with Gasteiger partial charge in [-0.2, -0.15) is 0 Å². The minimum Gasteiger partial charge on any atom is -0.481 e. The fourth-order valence-electron chi connectivity index (χ4n) is 4.91. The number of anilines is 1. The van der Waals surface area contributed by atoms with Crippen LogP contribution in [0.1, 0.15) is 58.9 Å². The van der Waals surface area contributed by atoms with E-state index in [1.54, 1.807) is 13.8 Å². The van der Waals surface area contributed by atoms with Crippen molar-refractivity contribution in [1.82, 2.24) is 21.3 Å². The maximum atomic E-state index is 13.3. The number of carboxylic acid groups (broad SMARTS) is 2. The highest BCUT2D eigenvalue weighted by molar-refractivity contribution is 7.50. The van der Waals surface area contributed by atoms with Crippen LogP contribution in [0, 0.1) is 5.92 Å². The molecule has 0 spiro atoms. The molecule has 0 radical (unpaired) electrons. The summed E-state index contributed by atoms with van der Waals surface area (Å²) in [6.45, 7) is 5.67. The Labute approximate surface area is 295 Å². The van der Waals surface area contributed by atoms with Crippen LogP contribution < -0.4 is 32.2 Å². The van der Waals surface area contributed by atoms with E-state index in [9.17, 15) is 68.0 Å². The molecule has 10 N–H and O–H groups in total. The van der Waals surface area contributed by atoms with Crippen molar-refractivity contribution >= 4 is 65.7 Å². The SMILES string of the molecule is CCC(C)[C@H](NC(C)=O)C(=O)N[C@@H](CCC(=O)O)C(=O)N[C@H](C(=O)N[C@@H](CC(=O)O)C(=O)Nc1ccc2c(CP(=O)(O)O)cc(=O)oc2c1)C(C)O. The van der Waals surface area contributed by atoms with E-state index in [2.05, 4.69) is 26.6 Å². The first kappa shape index (κ1) is 43.0. The van der Waals surface area contributed by atoms with Crippen molar-refractivity contribution in [3.05, 3.63) is 40.2 Å². The number of aliphatic carboxylic acids is 2. The molecule has 6 atom stereocenters. The maximum Gasteiger partial charge on any atom is 0.336 e. The number of rotatable bonds is 19. The Balaban J connectivity index is 2.31. The molecule has 1 aromatic heterocycles. The highest BCUT2D eigenvalue weighted by Gasteiger charge is 2.35. The van der Waals surface area contributed by atoms with Gasteiger partial charge < -0.3 is 56.1 Å². The number of aliphatic hydroxyl groups is 1. The molecular weight excluding hydrogens is 713 g/mol. The molecule has 0 aliphatic carbocycles. The zero-order valence-electron chi connectivity index (χ0n) is 28.6. The summed E-state index contributed by atoms with van der Waals surface area (Å²) in [6.07, 6.45) is -4.09. The van der Waals surface area contributed by atoms with Crippen LogP contribution in [0.3, 0.4) is 0 Å². The molecule has 1 aromatic carbocycles. The number of carbonyl (C=O) groups excluding carboxylic acids is 5. The van der Waals surface area contributed by atoms with Crippen LogP contribution >= 0.6 is 7.60 Å². The second-order valence-electron chi connectivity index (χ2n) is 12.1. The summed E-state index contributed by atoms with van der Waals surface area (Å²) in [7, 11) is -4.59. The summed E-state index contributed by atoms with van der Waals surface area (Å²) in [4.78, 5) is 118. The third kappa shape index (κ3) is 13.5. The Morgan fingerprint density at radius 3 is 1.98 bits per heavy atom. The van der Waals surface area contributed by atoms with Crippen molar-refractivity contribution in [2.75, 3.05) is 5.32 Å². The Morgan fingerprint density at radius 1 is 0.827 bits per heavy atom. The van der Waals surface area contributed by atoms with Gasteiger partial charge in [0.05, 0.1) is 18.7 Å². The van der Waals surface area contributed by atoms with E-state index in [-0.39, 0.29) is 22.2 Å². The molecule has 0 saturated carbocycles. The third-order valence-corrected chi connectivity index (χ3v) is 8.44. The number of hydrogen-bond acceptors (Lipinski definition) is 11. The summed E-state index contributed by atoms with van der Waals surface area (Å²) < 4.78 is 16.6. The second-order valence-corrected chi connectivity index (χ2v) is 13.7. The highest BCUT2D eigenvalue weighted by Crippen LogP contribution is 2.40. The van der Waals surface area contributed by atoms with Crippen LogP contribution in [0.2, 0.25) is 0 Å². The number of hydrogen-bond donors (Lipinski definition) is 10. The van der Waals surface area contributed by atoms with Crippen molar-refractivity contribution in [3.63, 3.8) is 0 Å². The molecule has 2 rings (SSSR count). The molecule has 5 amide bonds. The van der Waals surface area contributed by atoms with Gasteiger partial charge in [-0.1, -0.05) is 20.3 Å². The predicted molar refractivity (Wildman–Crippen MR) is 181 cm³/mol. The molecule has 0 aliphatic rings. The number of aliphatic hydroxyl groups excluding tert-OH is 1. The number of amides is 5. The van der Waals surface area contributed by atoms with Crippen molar-refractivity contribution in [2.24, 2.45) is 5.92 Å². The topological polar surface area (TPSA) is 328 Å². The van der Waals surface area contributed by atoms with Gasteiger partial charge in [-0.05, 0) is 37.0 Å². The first-order valence-electron chi connectivity index (χ1n) is 15.8. The summed E-state index contributed by atoms with van der Waals surface area (Å²) in [5, 5.41) is 40.6. The normalized spacial score (nSPS) is 14.8. The number of fused-ring (bicyclic) bond motifs is 1. The van der Waals surface area contributed by atoms with Gasteiger partial charge in [0.1, 0.15) is 29.8 Å². The molecule has 286 valence electrons. The average molecular weight is 756 g/mol. The Bertz CT molecular complexity index is 1790. The van der Waals surface area contributed by atoms with Gasteiger partial charge in [0.25, 0.3) is 0 Å². The largest absolute Gasteiger partial charge is 0.481 e. The fourth-order valence-corrected chi connectivity index (χ4v) is 5.62. The summed E-state index contributed by atoms with van der Waals surface area (Å²) in [6, 6.07) is -1.81. The van der Waals surface area contributed by atoms with E-state index in [0.717, 1.165) is 19.1 Å². The van der Waals surface area contributed by atoms with E-state index in [1.165, 1.54) is 19.1 Å². The van der Waals surface area contributed by atoms with Crippen molar-refractivity contribution in [3.8, 4) is 0 Å². The minimum absolute atomic E-state index is 0.0347. The van der Waals surface area contributed by atoms with Crippen LogP contribution in [-0.2, 0) is 44.3 Å². The fraction of sp³-hybridized carbons (Fsp3) is 0.484.